The van der Waals surface area contributed by atoms with Crippen LogP contribution in [-0.4, -0.2) is 28.6 Å². The molecule has 1 unspecified atom stereocenters. The molecule has 0 aromatic carbocycles. The van der Waals surface area contributed by atoms with Crippen LogP contribution >= 0.6 is 0 Å². The van der Waals surface area contributed by atoms with Crippen molar-refractivity contribution in [3.05, 3.63) is 0 Å². The maximum absolute atomic E-state index is 10.9. The fourth-order valence-corrected chi connectivity index (χ4v) is 1.00. The molecular weight excluding hydrogens is 172 g/mol. The Morgan fingerprint density at radius 3 is 2.31 bits per heavy atom. The number of carboxylic acids is 1. The van der Waals surface area contributed by atoms with E-state index in [1.165, 1.54) is 0 Å². The van der Waals surface area contributed by atoms with E-state index < -0.39 is 17.4 Å². The van der Waals surface area contributed by atoms with Gasteiger partial charge in [-0.2, -0.15) is 0 Å². The topological polar surface area (TPSA) is 92.4 Å². The third kappa shape index (κ3) is 4.47. The van der Waals surface area contributed by atoms with E-state index in [1.807, 2.05) is 0 Å². The van der Waals surface area contributed by atoms with Crippen molar-refractivity contribution in [1.29, 1.82) is 0 Å². The van der Waals surface area contributed by atoms with Gasteiger partial charge in [-0.05, 0) is 20.8 Å². The number of hydrogen-bond donors (Lipinski definition) is 3. The van der Waals surface area contributed by atoms with Gasteiger partial charge in [0.25, 0.3) is 0 Å². The average Bonchev–Trinajstić information content (AvgIpc) is 1.82. The zero-order chi connectivity index (χ0) is 10.6. The maximum Gasteiger partial charge on any atom is 0.304 e. The molecule has 0 spiro atoms. The van der Waals surface area contributed by atoms with Crippen LogP contribution in [0.1, 0.15) is 27.2 Å². The number of carboxylic acid groups (broad SMARTS) is 1. The molecule has 5 nitrogen and oxygen atoms in total. The summed E-state index contributed by atoms with van der Waals surface area (Å²) in [5.41, 5.74) is 4.23. The Bertz CT molecular complexity index is 213. The summed E-state index contributed by atoms with van der Waals surface area (Å²) in [6.07, 6.45) is -0.0310. The minimum Gasteiger partial charge on any atom is -0.481 e. The van der Waals surface area contributed by atoms with E-state index >= 15 is 0 Å². The van der Waals surface area contributed by atoms with Crippen molar-refractivity contribution in [2.24, 2.45) is 5.73 Å². The highest BCUT2D eigenvalue weighted by molar-refractivity contribution is 5.83. The Labute approximate surface area is 77.3 Å². The van der Waals surface area contributed by atoms with Gasteiger partial charge >= 0.3 is 5.97 Å². The van der Waals surface area contributed by atoms with Crippen LogP contribution in [0.15, 0.2) is 0 Å². The Morgan fingerprint density at radius 1 is 1.54 bits per heavy atom. The number of carbonyl (C=O) groups excluding carboxylic acids is 1. The van der Waals surface area contributed by atoms with Gasteiger partial charge in [-0.3, -0.25) is 9.59 Å². The third-order valence-electron chi connectivity index (χ3n) is 1.70. The molecule has 1 amide bonds. The maximum atomic E-state index is 10.9. The molecule has 0 fully saturated rings. The van der Waals surface area contributed by atoms with Gasteiger partial charge in [-0.15, -0.1) is 0 Å². The SMILES string of the molecule is CC(CC(=O)O)NC(C)(C)C(N)=O. The first-order valence-electron chi connectivity index (χ1n) is 4.05. The summed E-state index contributed by atoms with van der Waals surface area (Å²) in [6, 6.07) is -0.278. The fourth-order valence-electron chi connectivity index (χ4n) is 1.00. The van der Waals surface area contributed by atoms with E-state index in [0.717, 1.165) is 0 Å². The molecule has 0 heterocycles. The molecule has 0 rings (SSSR count). The van der Waals surface area contributed by atoms with Crippen molar-refractivity contribution in [2.75, 3.05) is 0 Å². The normalized spacial score (nSPS) is 13.8. The molecule has 1 atom stereocenters. The number of carbonyl (C=O) groups is 2. The van der Waals surface area contributed by atoms with Gasteiger partial charge in [0.05, 0.1) is 12.0 Å². The van der Waals surface area contributed by atoms with E-state index in [1.54, 1.807) is 20.8 Å². The highest BCUT2D eigenvalue weighted by atomic mass is 16.4. The second kappa shape index (κ2) is 4.23. The Balaban J connectivity index is 4.11. The summed E-state index contributed by atoms with van der Waals surface area (Å²) in [5.74, 6) is -1.40. The lowest BCUT2D eigenvalue weighted by atomic mass is 10.0. The van der Waals surface area contributed by atoms with Gasteiger partial charge in [0.1, 0.15) is 0 Å². The van der Waals surface area contributed by atoms with Gasteiger partial charge in [0.15, 0.2) is 0 Å². The van der Waals surface area contributed by atoms with Gasteiger partial charge in [-0.25, -0.2) is 0 Å². The number of nitrogens with two attached hydrogens (primary N) is 1. The van der Waals surface area contributed by atoms with E-state index in [2.05, 4.69) is 5.32 Å². The first-order chi connectivity index (χ1) is 5.75. The number of primary amides is 1. The Kier molecular flexibility index (Phi) is 3.87. The van der Waals surface area contributed by atoms with Crippen molar-refractivity contribution in [3.63, 3.8) is 0 Å². The Morgan fingerprint density at radius 2 is 2.00 bits per heavy atom. The molecule has 0 aliphatic rings. The van der Waals surface area contributed by atoms with Crippen LogP contribution in [0.2, 0.25) is 0 Å². The lowest BCUT2D eigenvalue weighted by Crippen LogP contribution is -2.54. The third-order valence-corrected chi connectivity index (χ3v) is 1.70. The predicted octanol–water partition coefficient (Wildman–Crippen LogP) is -0.297. The van der Waals surface area contributed by atoms with Crippen molar-refractivity contribution >= 4 is 11.9 Å². The van der Waals surface area contributed by atoms with E-state index in [-0.39, 0.29) is 12.5 Å². The second-order valence-corrected chi connectivity index (χ2v) is 3.63. The molecule has 0 saturated carbocycles. The molecule has 0 saturated heterocycles. The minimum atomic E-state index is -0.903. The van der Waals surface area contributed by atoms with E-state index in [9.17, 15) is 9.59 Å². The zero-order valence-corrected chi connectivity index (χ0v) is 8.13. The van der Waals surface area contributed by atoms with Gasteiger partial charge in [0.2, 0.25) is 5.91 Å². The fraction of sp³-hybridized carbons (Fsp3) is 0.750. The second-order valence-electron chi connectivity index (χ2n) is 3.63. The standard InChI is InChI=1S/C8H16N2O3/c1-5(4-6(11)12)10-8(2,3)7(9)13/h5,10H,4H2,1-3H3,(H2,9,13)(H,11,12). The molecule has 0 aromatic rings. The smallest absolute Gasteiger partial charge is 0.304 e. The summed E-state index contributed by atoms with van der Waals surface area (Å²) in [6.45, 7) is 4.93. The van der Waals surface area contributed by atoms with Crippen molar-refractivity contribution < 1.29 is 14.7 Å². The minimum absolute atomic E-state index is 0.0310. The summed E-state index contributed by atoms with van der Waals surface area (Å²) >= 11 is 0. The summed E-state index contributed by atoms with van der Waals surface area (Å²) in [7, 11) is 0. The van der Waals surface area contributed by atoms with Crippen molar-refractivity contribution in [3.8, 4) is 0 Å². The average molecular weight is 188 g/mol. The zero-order valence-electron chi connectivity index (χ0n) is 8.13. The van der Waals surface area contributed by atoms with Crippen LogP contribution in [-0.2, 0) is 9.59 Å². The number of nitrogens with one attached hydrogen (secondary N) is 1. The molecular formula is C8H16N2O3. The lowest BCUT2D eigenvalue weighted by molar-refractivity contribution is -0.138. The molecule has 76 valence electrons. The first-order valence-corrected chi connectivity index (χ1v) is 4.05. The van der Waals surface area contributed by atoms with Crippen LogP contribution < -0.4 is 11.1 Å². The predicted molar refractivity (Wildman–Crippen MR) is 48.1 cm³/mol. The first kappa shape index (κ1) is 11.9. The number of aliphatic carboxylic acids is 1. The Hall–Kier alpha value is -1.10. The lowest BCUT2D eigenvalue weighted by Gasteiger charge is -2.26. The largest absolute Gasteiger partial charge is 0.481 e. The molecule has 0 aromatic heterocycles. The van der Waals surface area contributed by atoms with Crippen molar-refractivity contribution in [1.82, 2.24) is 5.32 Å². The van der Waals surface area contributed by atoms with Gasteiger partial charge in [-0.1, -0.05) is 0 Å². The number of rotatable bonds is 5. The molecule has 0 bridgehead atoms. The number of hydrogen-bond acceptors (Lipinski definition) is 3. The van der Waals surface area contributed by atoms with Crippen LogP contribution in [0, 0.1) is 0 Å². The highest BCUT2D eigenvalue weighted by Gasteiger charge is 2.26. The van der Waals surface area contributed by atoms with Gasteiger partial charge in [0, 0.05) is 6.04 Å². The van der Waals surface area contributed by atoms with Crippen LogP contribution in [0.5, 0.6) is 0 Å². The molecule has 0 aliphatic heterocycles. The van der Waals surface area contributed by atoms with Gasteiger partial charge < -0.3 is 16.2 Å². The van der Waals surface area contributed by atoms with E-state index in [4.69, 9.17) is 10.8 Å². The van der Waals surface area contributed by atoms with Crippen LogP contribution in [0.25, 0.3) is 0 Å². The monoisotopic (exact) mass is 188 g/mol. The van der Waals surface area contributed by atoms with Crippen molar-refractivity contribution in [2.45, 2.75) is 38.8 Å². The molecule has 4 N–H and O–H groups in total. The summed E-state index contributed by atoms with van der Waals surface area (Å²) < 4.78 is 0. The highest BCUT2D eigenvalue weighted by Crippen LogP contribution is 2.04. The molecule has 13 heavy (non-hydrogen) atoms. The number of amides is 1. The molecule has 5 heteroatoms. The summed E-state index contributed by atoms with van der Waals surface area (Å²) in [4.78, 5) is 21.2. The van der Waals surface area contributed by atoms with E-state index in [0.29, 0.717) is 0 Å². The summed E-state index contributed by atoms with van der Waals surface area (Å²) in [5, 5.41) is 11.3. The molecule has 0 radical (unpaired) electrons. The quantitative estimate of drug-likeness (QED) is 0.552. The van der Waals surface area contributed by atoms with Crippen LogP contribution in [0.3, 0.4) is 0 Å². The molecule has 0 aliphatic carbocycles. The van der Waals surface area contributed by atoms with Crippen LogP contribution in [0.4, 0.5) is 0 Å².